The molecule has 4 aromatic rings. The molecule has 1 amide bonds. The van der Waals surface area contributed by atoms with E-state index in [0.717, 1.165) is 21.9 Å². The second kappa shape index (κ2) is 7.74. The van der Waals surface area contributed by atoms with Crippen molar-refractivity contribution in [1.82, 2.24) is 5.32 Å². The highest BCUT2D eigenvalue weighted by molar-refractivity contribution is 7.13. The number of hydrogen-bond donors (Lipinski definition) is 2. The van der Waals surface area contributed by atoms with E-state index in [1.807, 2.05) is 72.1 Å². The maximum absolute atomic E-state index is 12.6. The summed E-state index contributed by atoms with van der Waals surface area (Å²) >= 11 is 1.68. The maximum Gasteiger partial charge on any atom is 0.252 e. The van der Waals surface area contributed by atoms with Crippen LogP contribution in [-0.2, 0) is 0 Å². The van der Waals surface area contributed by atoms with Gasteiger partial charge in [-0.3, -0.25) is 4.79 Å². The molecule has 0 aliphatic heterocycles. The van der Waals surface area contributed by atoms with Crippen LogP contribution in [0.5, 0.6) is 0 Å². The van der Waals surface area contributed by atoms with E-state index < -0.39 is 6.10 Å². The van der Waals surface area contributed by atoms with Gasteiger partial charge < -0.3 is 10.4 Å². The second-order valence-corrected chi connectivity index (χ2v) is 7.30. The van der Waals surface area contributed by atoms with Crippen LogP contribution >= 0.6 is 11.3 Å². The molecule has 1 unspecified atom stereocenters. The molecule has 1 heterocycles. The molecular weight excluding hydrogens is 354 g/mol. The van der Waals surface area contributed by atoms with Crippen LogP contribution in [0, 0.1) is 0 Å². The molecule has 0 aliphatic carbocycles. The fraction of sp³-hybridized carbons (Fsp3) is 0.0870. The number of carbonyl (C=O) groups excluding carboxylic acids is 1. The normalized spacial score (nSPS) is 12.0. The van der Waals surface area contributed by atoms with Gasteiger partial charge in [0.1, 0.15) is 0 Å². The second-order valence-electron chi connectivity index (χ2n) is 6.35. The van der Waals surface area contributed by atoms with Crippen molar-refractivity contribution in [1.29, 1.82) is 0 Å². The topological polar surface area (TPSA) is 49.3 Å². The van der Waals surface area contributed by atoms with Gasteiger partial charge in [-0.15, -0.1) is 11.3 Å². The lowest BCUT2D eigenvalue weighted by molar-refractivity contribution is 0.0918. The Kier molecular flexibility index (Phi) is 5.01. The highest BCUT2D eigenvalue weighted by Crippen LogP contribution is 2.26. The summed E-state index contributed by atoms with van der Waals surface area (Å²) in [7, 11) is 0. The molecule has 0 fully saturated rings. The van der Waals surface area contributed by atoms with Gasteiger partial charge in [0.25, 0.3) is 5.91 Å². The van der Waals surface area contributed by atoms with Crippen molar-refractivity contribution in [3.63, 3.8) is 0 Å². The largest absolute Gasteiger partial charge is 0.387 e. The lowest BCUT2D eigenvalue weighted by Crippen LogP contribution is -2.28. The van der Waals surface area contributed by atoms with Crippen LogP contribution < -0.4 is 5.32 Å². The van der Waals surface area contributed by atoms with Gasteiger partial charge in [0.05, 0.1) is 6.10 Å². The first kappa shape index (κ1) is 17.5. The number of aliphatic hydroxyl groups excluding tert-OH is 1. The Morgan fingerprint density at radius 1 is 0.926 bits per heavy atom. The molecule has 4 heteroatoms. The number of fused-ring (bicyclic) bond motifs is 1. The van der Waals surface area contributed by atoms with E-state index in [1.54, 1.807) is 17.4 Å². The average molecular weight is 373 g/mol. The van der Waals surface area contributed by atoms with Crippen molar-refractivity contribution in [2.24, 2.45) is 0 Å². The van der Waals surface area contributed by atoms with Gasteiger partial charge >= 0.3 is 0 Å². The third kappa shape index (κ3) is 3.77. The molecule has 3 aromatic carbocycles. The zero-order valence-electron chi connectivity index (χ0n) is 14.6. The Balaban J connectivity index is 1.44. The molecule has 4 rings (SSSR count). The summed E-state index contributed by atoms with van der Waals surface area (Å²) in [6, 6.07) is 25.3. The molecule has 0 aliphatic rings. The summed E-state index contributed by atoms with van der Waals surface area (Å²) in [6.07, 6.45) is -0.749. The molecule has 1 atom stereocenters. The lowest BCUT2D eigenvalue weighted by atomic mass is 10.0. The molecule has 0 saturated carbocycles. The van der Waals surface area contributed by atoms with E-state index in [1.165, 1.54) is 4.88 Å². The van der Waals surface area contributed by atoms with Gasteiger partial charge in [0, 0.05) is 17.0 Å². The Labute approximate surface area is 161 Å². The van der Waals surface area contributed by atoms with Gasteiger partial charge in [0.2, 0.25) is 0 Å². The number of aliphatic hydroxyl groups is 1. The number of carbonyl (C=O) groups is 1. The molecule has 0 bridgehead atoms. The van der Waals surface area contributed by atoms with E-state index in [9.17, 15) is 9.90 Å². The van der Waals surface area contributed by atoms with Crippen LogP contribution in [0.4, 0.5) is 0 Å². The van der Waals surface area contributed by atoms with Crippen molar-refractivity contribution in [3.8, 4) is 10.4 Å². The van der Waals surface area contributed by atoms with Crippen LogP contribution in [-0.4, -0.2) is 17.6 Å². The number of amides is 1. The van der Waals surface area contributed by atoms with Crippen molar-refractivity contribution in [3.05, 3.63) is 95.4 Å². The Morgan fingerprint density at radius 3 is 2.48 bits per heavy atom. The van der Waals surface area contributed by atoms with Crippen LogP contribution in [0.2, 0.25) is 0 Å². The van der Waals surface area contributed by atoms with Crippen LogP contribution in [0.15, 0.2) is 84.2 Å². The zero-order valence-corrected chi connectivity index (χ0v) is 15.4. The number of thiophene rings is 1. The fourth-order valence-electron chi connectivity index (χ4n) is 3.14. The smallest absolute Gasteiger partial charge is 0.252 e. The zero-order chi connectivity index (χ0) is 18.6. The molecule has 2 N–H and O–H groups in total. The third-order valence-electron chi connectivity index (χ3n) is 4.59. The van der Waals surface area contributed by atoms with Gasteiger partial charge in [0.15, 0.2) is 0 Å². The van der Waals surface area contributed by atoms with Gasteiger partial charge in [-0.05, 0) is 39.4 Å². The molecule has 1 aromatic heterocycles. The predicted octanol–water partition coefficient (Wildman–Crippen LogP) is 5.03. The molecule has 0 spiro atoms. The minimum atomic E-state index is -0.749. The summed E-state index contributed by atoms with van der Waals surface area (Å²) in [6.45, 7) is 0.167. The monoisotopic (exact) mass is 373 g/mol. The van der Waals surface area contributed by atoms with Gasteiger partial charge in [-0.1, -0.05) is 66.7 Å². The van der Waals surface area contributed by atoms with E-state index in [4.69, 9.17) is 0 Å². The number of benzene rings is 3. The first-order valence-corrected chi connectivity index (χ1v) is 9.68. The third-order valence-corrected chi connectivity index (χ3v) is 5.51. The Morgan fingerprint density at radius 2 is 1.70 bits per heavy atom. The molecular formula is C23H19NO2S. The highest BCUT2D eigenvalue weighted by Gasteiger charge is 2.13. The van der Waals surface area contributed by atoms with Gasteiger partial charge in [-0.25, -0.2) is 0 Å². The molecule has 0 radical (unpaired) electrons. The summed E-state index contributed by atoms with van der Waals surface area (Å²) in [5.41, 5.74) is 2.53. The minimum Gasteiger partial charge on any atom is -0.387 e. The molecule has 134 valence electrons. The van der Waals surface area contributed by atoms with Crippen molar-refractivity contribution in [2.75, 3.05) is 6.54 Å². The predicted molar refractivity (Wildman–Crippen MR) is 111 cm³/mol. The summed E-state index contributed by atoms with van der Waals surface area (Å²) in [4.78, 5) is 13.8. The quantitative estimate of drug-likeness (QED) is 0.515. The van der Waals surface area contributed by atoms with E-state index in [2.05, 4.69) is 11.4 Å². The minimum absolute atomic E-state index is 0.167. The Bertz CT molecular complexity index is 1050. The summed E-state index contributed by atoms with van der Waals surface area (Å²) in [5, 5.41) is 17.3. The molecule has 3 nitrogen and oxygen atoms in total. The number of hydrogen-bond acceptors (Lipinski definition) is 3. The lowest BCUT2D eigenvalue weighted by Gasteiger charge is -2.13. The fourth-order valence-corrected chi connectivity index (χ4v) is 3.87. The Hall–Kier alpha value is -2.95. The van der Waals surface area contributed by atoms with E-state index >= 15 is 0 Å². The first-order valence-electron chi connectivity index (χ1n) is 8.80. The van der Waals surface area contributed by atoms with Crippen LogP contribution in [0.25, 0.3) is 21.2 Å². The molecule has 27 heavy (non-hydrogen) atoms. The maximum atomic E-state index is 12.6. The van der Waals surface area contributed by atoms with E-state index in [0.29, 0.717) is 5.56 Å². The average Bonchev–Trinajstić information content (AvgIpc) is 3.26. The SMILES string of the molecule is O=C(NCC(O)c1ccc(-c2cccs2)cc1)c1cccc2ccccc12. The van der Waals surface area contributed by atoms with Crippen molar-refractivity contribution >= 4 is 28.0 Å². The van der Waals surface area contributed by atoms with Gasteiger partial charge in [-0.2, -0.15) is 0 Å². The van der Waals surface area contributed by atoms with Crippen molar-refractivity contribution in [2.45, 2.75) is 6.10 Å². The van der Waals surface area contributed by atoms with E-state index in [-0.39, 0.29) is 12.5 Å². The van der Waals surface area contributed by atoms with Crippen molar-refractivity contribution < 1.29 is 9.90 Å². The highest BCUT2D eigenvalue weighted by atomic mass is 32.1. The summed E-state index contributed by atoms with van der Waals surface area (Å²) in [5.74, 6) is -0.180. The summed E-state index contributed by atoms with van der Waals surface area (Å²) < 4.78 is 0. The molecule has 0 saturated heterocycles. The number of rotatable bonds is 5. The first-order chi connectivity index (χ1) is 13.2. The van der Waals surface area contributed by atoms with Crippen LogP contribution in [0.3, 0.4) is 0 Å². The standard InChI is InChI=1S/C23H19NO2S/c25-21(17-10-12-18(13-11-17)22-9-4-14-27-22)15-24-23(26)20-8-3-6-16-5-1-2-7-19(16)20/h1-14,21,25H,15H2,(H,24,26). The van der Waals surface area contributed by atoms with Crippen LogP contribution in [0.1, 0.15) is 22.0 Å². The number of nitrogens with one attached hydrogen (secondary N) is 1.